The smallest absolute Gasteiger partial charge is 0.465 e. The van der Waals surface area contributed by atoms with Crippen molar-refractivity contribution in [3.63, 3.8) is 0 Å². The molecule has 0 aromatic heterocycles. The van der Waals surface area contributed by atoms with Crippen LogP contribution in [0.5, 0.6) is 0 Å². The number of ether oxygens (including phenoxy) is 1. The first-order valence-corrected chi connectivity index (χ1v) is 6.76. The van der Waals surface area contributed by atoms with Gasteiger partial charge in [-0.25, -0.2) is 4.79 Å². The first kappa shape index (κ1) is 13.1. The van der Waals surface area contributed by atoms with Gasteiger partial charge in [-0.1, -0.05) is 42.0 Å². The minimum Gasteiger partial charge on any atom is -0.465 e. The van der Waals surface area contributed by atoms with Crippen molar-refractivity contribution in [2.45, 2.75) is 6.85 Å². The van der Waals surface area contributed by atoms with Crippen LogP contribution in [-0.4, -0.2) is 30.2 Å². The summed E-state index contributed by atoms with van der Waals surface area (Å²) in [5.74, 6) is -0.322. The summed E-state index contributed by atoms with van der Waals surface area (Å²) in [6.45, 7) is -2.31. The zero-order valence-electron chi connectivity index (χ0n) is 14.3. The Bertz CT molecular complexity index is 692. The molecule has 0 saturated heterocycles. The normalized spacial score (nSPS) is 12.1. The highest BCUT2D eigenvalue weighted by molar-refractivity contribution is 9.10. The van der Waals surface area contributed by atoms with Gasteiger partial charge in [-0.2, -0.15) is 0 Å². The van der Waals surface area contributed by atoms with E-state index in [4.69, 9.17) is 14.2 Å². The topological polar surface area (TPSA) is 66.8 Å². The molecule has 0 saturated carbocycles. The number of hydrogen-bond acceptors (Lipinski definition) is 4. The summed E-state index contributed by atoms with van der Waals surface area (Å²) in [6, 6.07) is 13.0. The van der Waals surface area contributed by atoms with Gasteiger partial charge < -0.3 is 14.8 Å². The van der Waals surface area contributed by atoms with Gasteiger partial charge in [0.15, 0.2) is 0 Å². The van der Waals surface area contributed by atoms with E-state index >= 15 is 0 Å². The van der Waals surface area contributed by atoms with Crippen LogP contribution in [0.2, 0.25) is 0 Å². The average molecular weight is 354 g/mol. The monoisotopic (exact) mass is 353 g/mol. The molecule has 0 fully saturated rings. The summed E-state index contributed by atoms with van der Waals surface area (Å²) in [5, 5.41) is 17.7. The highest BCUT2D eigenvalue weighted by atomic mass is 79.9. The summed E-state index contributed by atoms with van der Waals surface area (Å²) < 4.78 is 26.7. The van der Waals surface area contributed by atoms with Gasteiger partial charge in [-0.15, -0.1) is 0 Å². The molecule has 2 aromatic rings. The Labute approximate surface area is 136 Å². The lowest BCUT2D eigenvalue weighted by molar-refractivity contribution is 0.0599. The van der Waals surface area contributed by atoms with Crippen molar-refractivity contribution in [2.24, 2.45) is 0 Å². The minimum absolute atomic E-state index is 0.0231. The zero-order chi connectivity index (χ0) is 18.3. The number of carbonyl (C=O) groups excluding carboxylic acids is 1. The van der Waals surface area contributed by atoms with Gasteiger partial charge in [0, 0.05) is 8.58 Å². The zero-order valence-corrected chi connectivity index (χ0v) is 12.9. The van der Waals surface area contributed by atoms with Crippen LogP contribution in [-0.2, 0) is 4.74 Å². The molecule has 0 amide bonds. The lowest BCUT2D eigenvalue weighted by Gasteiger charge is -2.01. The van der Waals surface area contributed by atoms with Crippen molar-refractivity contribution < 1.29 is 23.7 Å². The van der Waals surface area contributed by atoms with Gasteiger partial charge >= 0.3 is 13.1 Å². The average Bonchev–Trinajstić information content (AvgIpc) is 2.54. The van der Waals surface area contributed by atoms with E-state index in [1.165, 1.54) is 19.2 Å². The number of aryl methyl sites for hydroxylation is 1. The molecular formula is C15H16BBrO4. The van der Waals surface area contributed by atoms with Crippen LogP contribution >= 0.6 is 15.9 Å². The molecule has 0 heterocycles. The molecule has 110 valence electrons. The second-order valence-electron chi connectivity index (χ2n) is 3.93. The lowest BCUT2D eigenvalue weighted by Crippen LogP contribution is -2.31. The Morgan fingerprint density at radius 2 is 1.81 bits per heavy atom. The standard InChI is InChI=1S/C8H7BrO2.C7H9BO2/c1-11-8(10)6-4-2-3-5-7(6)9;1-6-4-2-3-5-7(6)8(9)10/h2-5H,1H3;2-5,9-10H,1H3/i;1D3. The number of hydrogen-bond donors (Lipinski definition) is 2. The molecule has 0 aliphatic heterocycles. The van der Waals surface area contributed by atoms with Crippen molar-refractivity contribution in [3.8, 4) is 0 Å². The molecule has 0 radical (unpaired) electrons. The Hall–Kier alpha value is -1.63. The SMILES string of the molecule is COC(=O)c1ccccc1Br.[2H]C([2H])([2H])c1ccccc1B(O)O. The summed E-state index contributed by atoms with van der Waals surface area (Å²) in [5.41, 5.74) is 0.558. The van der Waals surface area contributed by atoms with Gasteiger partial charge in [0.25, 0.3) is 0 Å². The molecule has 0 bridgehead atoms. The van der Waals surface area contributed by atoms with E-state index in [2.05, 4.69) is 20.7 Å². The maximum atomic E-state index is 11.0. The Morgan fingerprint density at radius 1 is 1.19 bits per heavy atom. The van der Waals surface area contributed by atoms with Crippen LogP contribution in [0.1, 0.15) is 20.0 Å². The molecule has 2 rings (SSSR count). The number of methoxy groups -OCH3 is 1. The fourth-order valence-electron chi connectivity index (χ4n) is 1.46. The second-order valence-corrected chi connectivity index (χ2v) is 4.79. The van der Waals surface area contributed by atoms with Crippen LogP contribution in [0.25, 0.3) is 0 Å². The molecular weight excluding hydrogens is 335 g/mol. The highest BCUT2D eigenvalue weighted by Crippen LogP contribution is 2.16. The lowest BCUT2D eigenvalue weighted by atomic mass is 9.77. The van der Waals surface area contributed by atoms with Gasteiger partial charge in [0.05, 0.1) is 12.7 Å². The molecule has 6 heteroatoms. The third-order valence-electron chi connectivity index (χ3n) is 2.52. The van der Waals surface area contributed by atoms with Crippen LogP contribution in [0.15, 0.2) is 53.0 Å². The van der Waals surface area contributed by atoms with Crippen molar-refractivity contribution >= 4 is 34.5 Å². The van der Waals surface area contributed by atoms with Crippen molar-refractivity contribution in [2.75, 3.05) is 7.11 Å². The quantitative estimate of drug-likeness (QED) is 0.639. The van der Waals surface area contributed by atoms with E-state index in [-0.39, 0.29) is 17.0 Å². The summed E-state index contributed by atoms with van der Waals surface area (Å²) in [7, 11) is -0.376. The Kier molecular flexibility index (Phi) is 5.36. The third-order valence-corrected chi connectivity index (χ3v) is 3.21. The van der Waals surface area contributed by atoms with E-state index < -0.39 is 14.0 Å². The maximum absolute atomic E-state index is 11.0. The second kappa shape index (κ2) is 8.62. The predicted molar refractivity (Wildman–Crippen MR) is 86.5 cm³/mol. The number of carbonyl (C=O) groups is 1. The highest BCUT2D eigenvalue weighted by Gasteiger charge is 2.11. The van der Waals surface area contributed by atoms with Crippen LogP contribution in [0.4, 0.5) is 0 Å². The fraction of sp³-hybridized carbons (Fsp3) is 0.133. The number of rotatable bonds is 2. The van der Waals surface area contributed by atoms with Crippen LogP contribution < -0.4 is 5.46 Å². The number of benzene rings is 2. The van der Waals surface area contributed by atoms with Crippen LogP contribution in [0.3, 0.4) is 0 Å². The Morgan fingerprint density at radius 3 is 2.33 bits per heavy atom. The largest absolute Gasteiger partial charge is 0.488 e. The van der Waals surface area contributed by atoms with Gasteiger partial charge in [-0.3, -0.25) is 0 Å². The van der Waals surface area contributed by atoms with E-state index in [9.17, 15) is 4.79 Å². The molecule has 0 aliphatic carbocycles. The molecule has 21 heavy (non-hydrogen) atoms. The maximum Gasteiger partial charge on any atom is 0.488 e. The van der Waals surface area contributed by atoms with Crippen LogP contribution in [0, 0.1) is 6.85 Å². The third kappa shape index (κ3) is 5.34. The molecule has 4 nitrogen and oxygen atoms in total. The summed E-state index contributed by atoms with van der Waals surface area (Å²) in [6.07, 6.45) is 0. The van der Waals surface area contributed by atoms with Gasteiger partial charge in [-0.05, 0) is 40.4 Å². The van der Waals surface area contributed by atoms with E-state index in [0.29, 0.717) is 5.56 Å². The van der Waals surface area contributed by atoms with Crippen molar-refractivity contribution in [3.05, 3.63) is 64.1 Å². The van der Waals surface area contributed by atoms with Crippen molar-refractivity contribution in [1.29, 1.82) is 0 Å². The molecule has 2 N–H and O–H groups in total. The minimum atomic E-state index is -2.31. The van der Waals surface area contributed by atoms with Gasteiger partial charge in [0.2, 0.25) is 0 Å². The molecule has 2 aromatic carbocycles. The summed E-state index contributed by atoms with van der Waals surface area (Å²) >= 11 is 3.24. The first-order valence-electron chi connectivity index (χ1n) is 7.47. The van der Waals surface area contributed by atoms with Crippen molar-refractivity contribution in [1.82, 2.24) is 0 Å². The van der Waals surface area contributed by atoms with Gasteiger partial charge in [0.1, 0.15) is 0 Å². The van der Waals surface area contributed by atoms with E-state index in [1.807, 2.05) is 6.07 Å². The Balaban J connectivity index is 0.000000243. The number of halogens is 1. The first-order chi connectivity index (χ1) is 11.2. The fourth-order valence-corrected chi connectivity index (χ4v) is 1.91. The predicted octanol–water partition coefficient (Wildman–Crippen LogP) is 1.91. The molecule has 0 unspecified atom stereocenters. The number of esters is 1. The molecule has 0 atom stereocenters. The molecule has 0 spiro atoms. The van der Waals surface area contributed by atoms with E-state index in [0.717, 1.165) is 4.47 Å². The van der Waals surface area contributed by atoms with E-state index in [1.54, 1.807) is 30.3 Å². The summed E-state index contributed by atoms with van der Waals surface area (Å²) in [4.78, 5) is 11.0. The molecule has 0 aliphatic rings.